The number of carbonyl (C=O) groups is 2. The van der Waals surface area contributed by atoms with Gasteiger partial charge in [-0.25, -0.2) is 18.4 Å². The Morgan fingerprint density at radius 3 is 2.39 bits per heavy atom. The molecule has 0 amide bonds. The third-order valence-corrected chi connectivity index (χ3v) is 7.96. The molecule has 1 aliphatic carbocycles. The van der Waals surface area contributed by atoms with Gasteiger partial charge in [0, 0.05) is 43.8 Å². The first-order chi connectivity index (χ1) is 19.4. The normalized spacial score (nSPS) is 18.7. The van der Waals surface area contributed by atoms with Gasteiger partial charge in [0.05, 0.1) is 24.7 Å². The Morgan fingerprint density at radius 2 is 1.78 bits per heavy atom. The molecule has 2 aromatic carbocycles. The number of hydrogen-bond acceptors (Lipinski definition) is 6. The maximum absolute atomic E-state index is 13.4. The van der Waals surface area contributed by atoms with Crippen molar-refractivity contribution in [1.82, 2.24) is 14.4 Å². The monoisotopic (exact) mass is 567 g/mol. The second kappa shape index (κ2) is 11.5. The molecule has 5 rings (SSSR count). The number of rotatable bonds is 7. The number of aryl methyl sites for hydroxylation is 1. The molecule has 3 aromatic rings. The Labute approximate surface area is 240 Å². The number of piperazine rings is 1. The Hall–Kier alpha value is -3.30. The van der Waals surface area contributed by atoms with Crippen molar-refractivity contribution in [2.45, 2.75) is 71.1 Å². The van der Waals surface area contributed by atoms with E-state index in [9.17, 15) is 18.4 Å². The zero-order valence-corrected chi connectivity index (χ0v) is 24.5. The molecule has 1 saturated carbocycles. The van der Waals surface area contributed by atoms with Crippen molar-refractivity contribution in [3.63, 3.8) is 0 Å². The third kappa shape index (κ3) is 6.46. The summed E-state index contributed by atoms with van der Waals surface area (Å²) in [6.45, 7) is 9.54. The van der Waals surface area contributed by atoms with Gasteiger partial charge in [-0.05, 0) is 86.9 Å². The van der Waals surface area contributed by atoms with E-state index in [0.29, 0.717) is 37.7 Å². The van der Waals surface area contributed by atoms with Crippen LogP contribution in [-0.4, -0.2) is 71.7 Å². The highest BCUT2D eigenvalue weighted by atomic mass is 19.3. The summed E-state index contributed by atoms with van der Waals surface area (Å²) in [5.74, 6) is 0.0675. The molecule has 1 aromatic heterocycles. The standard InChI is InChI=1S/C32H39F2N3O4/c1-20-16-25(21-6-7-21)26(24-12-13-37(29(20)24)31(39)41-32(2,3)4)17-36-15-14-35(19-28(33)34)18-27(36)22-8-10-23(11-9-22)30(38)40-5/h8-13,16,21,27-28H,6-7,14-15,17-19H2,1-5H3. The molecule has 220 valence electrons. The Bertz CT molecular complexity index is 1420. The number of aromatic nitrogens is 1. The number of fused-ring (bicyclic) bond motifs is 1. The fourth-order valence-electron chi connectivity index (χ4n) is 5.93. The van der Waals surface area contributed by atoms with Crippen LogP contribution in [0.25, 0.3) is 10.9 Å². The minimum atomic E-state index is -2.41. The predicted octanol–water partition coefficient (Wildman–Crippen LogP) is 6.52. The van der Waals surface area contributed by atoms with E-state index in [2.05, 4.69) is 11.0 Å². The lowest BCUT2D eigenvalue weighted by atomic mass is 9.94. The van der Waals surface area contributed by atoms with Crippen LogP contribution in [0.4, 0.5) is 13.6 Å². The van der Waals surface area contributed by atoms with Gasteiger partial charge in [-0.1, -0.05) is 18.2 Å². The van der Waals surface area contributed by atoms with Crippen LogP contribution in [0.15, 0.2) is 42.6 Å². The van der Waals surface area contributed by atoms with Crippen molar-refractivity contribution < 1.29 is 27.8 Å². The van der Waals surface area contributed by atoms with Gasteiger partial charge in [0.2, 0.25) is 0 Å². The molecule has 0 radical (unpaired) electrons. The summed E-state index contributed by atoms with van der Waals surface area (Å²) in [5, 5.41) is 1.02. The Kier molecular flexibility index (Phi) is 8.21. The minimum Gasteiger partial charge on any atom is -0.465 e. The van der Waals surface area contributed by atoms with Crippen molar-refractivity contribution in [2.24, 2.45) is 0 Å². The minimum absolute atomic E-state index is 0.148. The number of hydrogen-bond donors (Lipinski definition) is 0. The number of halogens is 2. The summed E-state index contributed by atoms with van der Waals surface area (Å²) >= 11 is 0. The highest BCUT2D eigenvalue weighted by Crippen LogP contribution is 2.45. The van der Waals surface area contributed by atoms with Gasteiger partial charge in [-0.3, -0.25) is 14.4 Å². The van der Waals surface area contributed by atoms with E-state index < -0.39 is 24.1 Å². The number of methoxy groups -OCH3 is 1. The lowest BCUT2D eigenvalue weighted by Gasteiger charge is -2.42. The molecule has 0 bridgehead atoms. The first kappa shape index (κ1) is 29.2. The van der Waals surface area contributed by atoms with Crippen LogP contribution in [0.2, 0.25) is 0 Å². The molecule has 1 saturated heterocycles. The zero-order valence-electron chi connectivity index (χ0n) is 24.5. The topological polar surface area (TPSA) is 64.0 Å². The van der Waals surface area contributed by atoms with Gasteiger partial charge in [-0.15, -0.1) is 0 Å². The SMILES string of the molecule is COC(=O)c1ccc(C2CN(CC(F)F)CCN2Cc2c(C3CC3)cc(C)c3c2ccn3C(=O)OC(C)(C)C)cc1. The van der Waals surface area contributed by atoms with Crippen LogP contribution in [-0.2, 0) is 16.0 Å². The molecule has 2 aliphatic rings. The third-order valence-electron chi connectivity index (χ3n) is 7.96. The maximum Gasteiger partial charge on any atom is 0.418 e. The summed E-state index contributed by atoms with van der Waals surface area (Å²) in [6, 6.07) is 11.3. The van der Waals surface area contributed by atoms with Gasteiger partial charge in [-0.2, -0.15) is 0 Å². The van der Waals surface area contributed by atoms with E-state index in [0.717, 1.165) is 34.9 Å². The maximum atomic E-state index is 13.4. The number of esters is 1. The number of alkyl halides is 2. The molecule has 7 nitrogen and oxygen atoms in total. The fourth-order valence-corrected chi connectivity index (χ4v) is 5.93. The van der Waals surface area contributed by atoms with Crippen molar-refractivity contribution in [2.75, 3.05) is 33.3 Å². The number of carbonyl (C=O) groups excluding carboxylic acids is 2. The number of benzene rings is 2. The van der Waals surface area contributed by atoms with Crippen LogP contribution in [0.3, 0.4) is 0 Å². The number of ether oxygens (including phenoxy) is 2. The molecule has 9 heteroatoms. The van der Waals surface area contributed by atoms with Crippen LogP contribution in [0, 0.1) is 6.92 Å². The van der Waals surface area contributed by atoms with Gasteiger partial charge in [0.1, 0.15) is 5.60 Å². The smallest absolute Gasteiger partial charge is 0.418 e. The van der Waals surface area contributed by atoms with Gasteiger partial charge in [0.25, 0.3) is 6.43 Å². The summed E-state index contributed by atoms with van der Waals surface area (Å²) in [5.41, 5.74) is 5.13. The number of nitrogens with zero attached hydrogens (tertiary/aromatic N) is 3. The molecule has 1 aliphatic heterocycles. The quantitative estimate of drug-likeness (QED) is 0.303. The lowest BCUT2D eigenvalue weighted by molar-refractivity contribution is 0.0247. The average molecular weight is 568 g/mol. The van der Waals surface area contributed by atoms with Gasteiger partial charge < -0.3 is 9.47 Å². The summed E-state index contributed by atoms with van der Waals surface area (Å²) in [7, 11) is 1.34. The second-order valence-electron chi connectivity index (χ2n) is 12.2. The van der Waals surface area contributed by atoms with Gasteiger partial charge in [0.15, 0.2) is 0 Å². The highest BCUT2D eigenvalue weighted by Gasteiger charge is 2.34. The summed E-state index contributed by atoms with van der Waals surface area (Å²) in [6.07, 6.45) is 1.23. The van der Waals surface area contributed by atoms with Gasteiger partial charge >= 0.3 is 12.1 Å². The van der Waals surface area contributed by atoms with Crippen LogP contribution in [0.1, 0.15) is 78.2 Å². The van der Waals surface area contributed by atoms with Crippen LogP contribution < -0.4 is 0 Å². The summed E-state index contributed by atoms with van der Waals surface area (Å²) in [4.78, 5) is 29.3. The molecular weight excluding hydrogens is 528 g/mol. The molecule has 1 atom stereocenters. The molecule has 2 fully saturated rings. The zero-order chi connectivity index (χ0) is 29.5. The second-order valence-corrected chi connectivity index (χ2v) is 12.2. The van der Waals surface area contributed by atoms with Crippen molar-refractivity contribution in [3.05, 3.63) is 70.4 Å². The molecule has 41 heavy (non-hydrogen) atoms. The van der Waals surface area contributed by atoms with Crippen molar-refractivity contribution >= 4 is 23.0 Å². The Balaban J connectivity index is 1.53. The molecule has 0 N–H and O–H groups in total. The van der Waals surface area contributed by atoms with E-state index in [4.69, 9.17) is 9.47 Å². The van der Waals surface area contributed by atoms with E-state index in [1.165, 1.54) is 18.2 Å². The van der Waals surface area contributed by atoms with E-state index in [1.54, 1.807) is 22.9 Å². The largest absolute Gasteiger partial charge is 0.465 e. The molecule has 1 unspecified atom stereocenters. The summed E-state index contributed by atoms with van der Waals surface area (Å²) < 4.78 is 38.8. The highest BCUT2D eigenvalue weighted by molar-refractivity contribution is 5.94. The lowest BCUT2D eigenvalue weighted by Crippen LogP contribution is -2.49. The van der Waals surface area contributed by atoms with Crippen LogP contribution in [0.5, 0.6) is 0 Å². The first-order valence-electron chi connectivity index (χ1n) is 14.2. The van der Waals surface area contributed by atoms with E-state index in [1.807, 2.05) is 50.8 Å². The van der Waals surface area contributed by atoms with Crippen molar-refractivity contribution in [1.29, 1.82) is 0 Å². The fraction of sp³-hybridized carbons (Fsp3) is 0.500. The molecule has 0 spiro atoms. The first-order valence-corrected chi connectivity index (χ1v) is 14.2. The Morgan fingerprint density at radius 1 is 1.07 bits per heavy atom. The molecule has 2 heterocycles. The van der Waals surface area contributed by atoms with Crippen LogP contribution >= 0.6 is 0 Å². The average Bonchev–Trinajstić information content (AvgIpc) is 3.66. The van der Waals surface area contributed by atoms with Crippen molar-refractivity contribution in [3.8, 4) is 0 Å². The predicted molar refractivity (Wildman–Crippen MR) is 154 cm³/mol. The molecular formula is C32H39F2N3O4. The van der Waals surface area contributed by atoms with E-state index in [-0.39, 0.29) is 12.6 Å². The van der Waals surface area contributed by atoms with E-state index >= 15 is 0 Å².